The van der Waals surface area contributed by atoms with Gasteiger partial charge in [-0.25, -0.2) is 0 Å². The van der Waals surface area contributed by atoms with Crippen molar-refractivity contribution in [3.63, 3.8) is 0 Å². The zero-order chi connectivity index (χ0) is 12.1. The predicted molar refractivity (Wildman–Crippen MR) is 64.1 cm³/mol. The van der Waals surface area contributed by atoms with Crippen molar-refractivity contribution in [3.8, 4) is 11.8 Å². The number of hydrogen-bond donors (Lipinski definition) is 1. The van der Waals surface area contributed by atoms with Gasteiger partial charge < -0.3 is 15.2 Å². The summed E-state index contributed by atoms with van der Waals surface area (Å²) in [5.74, 6) is 0.968. The zero-order valence-corrected chi connectivity index (χ0v) is 10.2. The van der Waals surface area contributed by atoms with Crippen LogP contribution in [0, 0.1) is 0 Å². The van der Waals surface area contributed by atoms with E-state index in [0.29, 0.717) is 25.0 Å². The molecule has 1 aromatic rings. The molecule has 5 heteroatoms. The third-order valence-electron chi connectivity index (χ3n) is 2.99. The molecule has 1 saturated carbocycles. The van der Waals surface area contributed by atoms with Crippen LogP contribution >= 0.6 is 0 Å². The molecule has 1 aliphatic rings. The van der Waals surface area contributed by atoms with E-state index < -0.39 is 0 Å². The van der Waals surface area contributed by atoms with E-state index in [0.717, 1.165) is 12.8 Å². The van der Waals surface area contributed by atoms with Gasteiger partial charge in [0.25, 0.3) is 0 Å². The highest BCUT2D eigenvalue weighted by molar-refractivity contribution is 5.13. The van der Waals surface area contributed by atoms with Crippen LogP contribution in [0.3, 0.4) is 0 Å². The molecule has 1 aromatic heterocycles. The first-order chi connectivity index (χ1) is 8.22. The number of aromatic nitrogens is 2. The summed E-state index contributed by atoms with van der Waals surface area (Å²) in [6.45, 7) is 2.97. The maximum atomic E-state index is 6.20. The standard InChI is InChI=1S/C12H19N3O2/c1-2-16-10-7-14-8-11(15-10)17-9-12(13)5-3-4-6-12/h7-8H,2-6,9,13H2,1H3. The molecule has 2 rings (SSSR count). The highest BCUT2D eigenvalue weighted by atomic mass is 16.5. The molecule has 0 unspecified atom stereocenters. The number of nitrogens with two attached hydrogens (primary N) is 1. The first kappa shape index (κ1) is 12.1. The highest BCUT2D eigenvalue weighted by Gasteiger charge is 2.30. The fraction of sp³-hybridized carbons (Fsp3) is 0.667. The first-order valence-electron chi connectivity index (χ1n) is 6.08. The van der Waals surface area contributed by atoms with E-state index in [2.05, 4.69) is 9.97 Å². The van der Waals surface area contributed by atoms with Gasteiger partial charge in [-0.3, -0.25) is 4.98 Å². The smallest absolute Gasteiger partial charge is 0.235 e. The molecule has 0 amide bonds. The Labute approximate surface area is 101 Å². The van der Waals surface area contributed by atoms with E-state index >= 15 is 0 Å². The molecule has 0 aromatic carbocycles. The van der Waals surface area contributed by atoms with Gasteiger partial charge in [0.05, 0.1) is 24.5 Å². The molecule has 0 bridgehead atoms. The Morgan fingerprint density at radius 3 is 2.53 bits per heavy atom. The maximum absolute atomic E-state index is 6.20. The average molecular weight is 237 g/mol. The summed E-state index contributed by atoms with van der Waals surface area (Å²) in [5.41, 5.74) is 6.01. The van der Waals surface area contributed by atoms with Gasteiger partial charge in [0.1, 0.15) is 6.61 Å². The second kappa shape index (κ2) is 5.31. The molecule has 0 radical (unpaired) electrons. The fourth-order valence-corrected chi connectivity index (χ4v) is 2.06. The third-order valence-corrected chi connectivity index (χ3v) is 2.99. The van der Waals surface area contributed by atoms with Gasteiger partial charge in [0.2, 0.25) is 11.8 Å². The summed E-state index contributed by atoms with van der Waals surface area (Å²) >= 11 is 0. The Kier molecular flexibility index (Phi) is 3.78. The van der Waals surface area contributed by atoms with Crippen LogP contribution in [0.1, 0.15) is 32.6 Å². The number of nitrogens with zero attached hydrogens (tertiary/aromatic N) is 2. The SMILES string of the molecule is CCOc1cncc(OCC2(N)CCCC2)n1. The van der Waals surface area contributed by atoms with E-state index in [-0.39, 0.29) is 5.54 Å². The molecule has 17 heavy (non-hydrogen) atoms. The molecule has 2 N–H and O–H groups in total. The van der Waals surface area contributed by atoms with Gasteiger partial charge in [0.15, 0.2) is 0 Å². The van der Waals surface area contributed by atoms with Gasteiger partial charge in [0, 0.05) is 0 Å². The zero-order valence-electron chi connectivity index (χ0n) is 10.2. The summed E-state index contributed by atoms with van der Waals surface area (Å²) < 4.78 is 10.9. The normalized spacial score (nSPS) is 18.0. The van der Waals surface area contributed by atoms with Crippen molar-refractivity contribution in [2.75, 3.05) is 13.2 Å². The van der Waals surface area contributed by atoms with E-state index in [1.807, 2.05) is 6.92 Å². The van der Waals surface area contributed by atoms with Crippen molar-refractivity contribution in [2.24, 2.45) is 5.73 Å². The minimum atomic E-state index is -0.191. The van der Waals surface area contributed by atoms with Crippen LogP contribution in [0.2, 0.25) is 0 Å². The highest BCUT2D eigenvalue weighted by Crippen LogP contribution is 2.27. The second-order valence-electron chi connectivity index (χ2n) is 4.49. The Hall–Kier alpha value is -1.36. The van der Waals surface area contributed by atoms with Crippen LogP contribution in [0.15, 0.2) is 12.4 Å². The van der Waals surface area contributed by atoms with Gasteiger partial charge in [-0.15, -0.1) is 0 Å². The van der Waals surface area contributed by atoms with Gasteiger partial charge in [-0.05, 0) is 19.8 Å². The second-order valence-corrected chi connectivity index (χ2v) is 4.49. The summed E-state index contributed by atoms with van der Waals surface area (Å²) in [6.07, 6.45) is 7.57. The average Bonchev–Trinajstić information content (AvgIpc) is 2.76. The van der Waals surface area contributed by atoms with Crippen molar-refractivity contribution in [1.82, 2.24) is 9.97 Å². The molecule has 1 heterocycles. The summed E-state index contributed by atoms with van der Waals surface area (Å²) in [6, 6.07) is 0. The van der Waals surface area contributed by atoms with Crippen molar-refractivity contribution in [2.45, 2.75) is 38.1 Å². The largest absolute Gasteiger partial charge is 0.477 e. The Morgan fingerprint density at radius 2 is 1.88 bits per heavy atom. The van der Waals surface area contributed by atoms with Crippen LogP contribution in [-0.2, 0) is 0 Å². The molecule has 1 aliphatic carbocycles. The van der Waals surface area contributed by atoms with Crippen molar-refractivity contribution >= 4 is 0 Å². The van der Waals surface area contributed by atoms with Crippen molar-refractivity contribution < 1.29 is 9.47 Å². The molecule has 0 spiro atoms. The van der Waals surface area contributed by atoms with Crippen LogP contribution < -0.4 is 15.2 Å². The van der Waals surface area contributed by atoms with Crippen LogP contribution in [0.4, 0.5) is 0 Å². The quantitative estimate of drug-likeness (QED) is 0.840. The number of rotatable bonds is 5. The molecule has 0 atom stereocenters. The van der Waals surface area contributed by atoms with Gasteiger partial charge in [-0.1, -0.05) is 12.8 Å². The molecule has 1 fully saturated rings. The Balaban J connectivity index is 1.91. The lowest BCUT2D eigenvalue weighted by Crippen LogP contribution is -2.42. The molecule has 5 nitrogen and oxygen atoms in total. The number of hydrogen-bond acceptors (Lipinski definition) is 5. The van der Waals surface area contributed by atoms with Crippen LogP contribution in [0.25, 0.3) is 0 Å². The lowest BCUT2D eigenvalue weighted by Gasteiger charge is -2.22. The fourth-order valence-electron chi connectivity index (χ4n) is 2.06. The molecule has 0 aliphatic heterocycles. The summed E-state index contributed by atoms with van der Waals surface area (Å²) in [7, 11) is 0. The lowest BCUT2D eigenvalue weighted by molar-refractivity contribution is 0.209. The molecular formula is C12H19N3O2. The van der Waals surface area contributed by atoms with Crippen molar-refractivity contribution in [1.29, 1.82) is 0 Å². The van der Waals surface area contributed by atoms with E-state index in [9.17, 15) is 0 Å². The molecule has 94 valence electrons. The Morgan fingerprint density at radius 1 is 1.24 bits per heavy atom. The lowest BCUT2D eigenvalue weighted by atomic mass is 10.0. The third kappa shape index (κ3) is 3.30. The summed E-state index contributed by atoms with van der Waals surface area (Å²) in [5, 5.41) is 0. The minimum absolute atomic E-state index is 0.191. The van der Waals surface area contributed by atoms with Crippen LogP contribution in [0.5, 0.6) is 11.8 Å². The van der Waals surface area contributed by atoms with Crippen molar-refractivity contribution in [3.05, 3.63) is 12.4 Å². The summed E-state index contributed by atoms with van der Waals surface area (Å²) in [4.78, 5) is 8.21. The predicted octanol–water partition coefficient (Wildman–Crippen LogP) is 1.53. The monoisotopic (exact) mass is 237 g/mol. The van der Waals surface area contributed by atoms with Gasteiger partial charge >= 0.3 is 0 Å². The van der Waals surface area contributed by atoms with Crippen LogP contribution in [-0.4, -0.2) is 28.7 Å². The maximum Gasteiger partial charge on any atom is 0.235 e. The topological polar surface area (TPSA) is 70.3 Å². The van der Waals surface area contributed by atoms with E-state index in [1.165, 1.54) is 12.8 Å². The molecular weight excluding hydrogens is 218 g/mol. The number of ether oxygens (including phenoxy) is 2. The first-order valence-corrected chi connectivity index (χ1v) is 6.08. The minimum Gasteiger partial charge on any atom is -0.477 e. The van der Waals surface area contributed by atoms with Gasteiger partial charge in [-0.2, -0.15) is 4.98 Å². The molecule has 0 saturated heterocycles. The van der Waals surface area contributed by atoms with E-state index in [1.54, 1.807) is 12.4 Å². The Bertz CT molecular complexity index is 365. The van der Waals surface area contributed by atoms with E-state index in [4.69, 9.17) is 15.2 Å².